The first-order chi connectivity index (χ1) is 15.1. The Morgan fingerprint density at radius 1 is 0.697 bits per heavy atom. The van der Waals surface area contributed by atoms with Gasteiger partial charge >= 0.3 is 37.7 Å². The van der Waals surface area contributed by atoms with Gasteiger partial charge in [-0.1, -0.05) is 117 Å². The van der Waals surface area contributed by atoms with Crippen molar-refractivity contribution in [2.75, 3.05) is 0 Å². The van der Waals surface area contributed by atoms with Gasteiger partial charge in [-0.25, -0.2) is 0 Å². The predicted molar refractivity (Wildman–Crippen MR) is 128 cm³/mol. The zero-order valence-electron chi connectivity index (χ0n) is 20.8. The van der Waals surface area contributed by atoms with Crippen LogP contribution in [0.3, 0.4) is 0 Å². The standard InChI is InChI=1S/C24H46O7S.Ca/c1-3-5-7-9-11-13-15-17-19-24(23(27)28,21(22(25)26)32(29,30)31)20-18-16-14-12-10-8-6-4-2;/h21H,3-20H2,1-2H3,(H,25,26)(H,27,28)(H,29,30,31);/q;+2/p-2. The number of carboxylic acid groups (broad SMARTS) is 2. The number of carbonyl (C=O) groups excluding carboxylic acids is 2. The minimum Gasteiger partial charge on any atom is -0.549 e. The van der Waals surface area contributed by atoms with Crippen molar-refractivity contribution in [3.05, 3.63) is 0 Å². The molecule has 0 amide bonds. The largest absolute Gasteiger partial charge is 2.00 e. The van der Waals surface area contributed by atoms with Gasteiger partial charge in [0.1, 0.15) is 5.25 Å². The van der Waals surface area contributed by atoms with Crippen LogP contribution in [0.25, 0.3) is 0 Å². The third-order valence-corrected chi connectivity index (χ3v) is 7.61. The normalized spacial score (nSPS) is 12.8. The number of rotatable bonds is 22. The van der Waals surface area contributed by atoms with Crippen molar-refractivity contribution in [2.45, 2.75) is 135 Å². The van der Waals surface area contributed by atoms with Crippen molar-refractivity contribution >= 4 is 59.8 Å². The molecule has 7 nitrogen and oxygen atoms in total. The van der Waals surface area contributed by atoms with Gasteiger partial charge in [0.2, 0.25) is 0 Å². The van der Waals surface area contributed by atoms with Crippen LogP contribution < -0.4 is 10.2 Å². The van der Waals surface area contributed by atoms with Gasteiger partial charge in [0.15, 0.2) is 0 Å². The summed E-state index contributed by atoms with van der Waals surface area (Å²) in [5, 5.41) is 21.2. The molecule has 9 heteroatoms. The minimum absolute atomic E-state index is 0. The third kappa shape index (κ3) is 15.0. The maximum absolute atomic E-state index is 12.1. The molecule has 0 aliphatic carbocycles. The fourth-order valence-electron chi connectivity index (χ4n) is 4.48. The summed E-state index contributed by atoms with van der Waals surface area (Å²) >= 11 is 0. The summed E-state index contributed by atoms with van der Waals surface area (Å²) in [7, 11) is -5.16. The Labute approximate surface area is 231 Å². The van der Waals surface area contributed by atoms with Crippen LogP contribution in [0, 0.1) is 5.41 Å². The average molecular weight is 517 g/mol. The number of carboxylic acids is 2. The van der Waals surface area contributed by atoms with Crippen LogP contribution in [0.4, 0.5) is 0 Å². The van der Waals surface area contributed by atoms with Crippen LogP contribution in [0.1, 0.15) is 129 Å². The van der Waals surface area contributed by atoms with Crippen molar-refractivity contribution < 1.29 is 32.8 Å². The van der Waals surface area contributed by atoms with E-state index in [1.54, 1.807) is 0 Å². The van der Waals surface area contributed by atoms with E-state index in [-0.39, 0.29) is 50.6 Å². The van der Waals surface area contributed by atoms with Gasteiger partial charge in [-0.15, -0.1) is 0 Å². The Kier molecular flexibility index (Phi) is 21.7. The summed E-state index contributed by atoms with van der Waals surface area (Å²) < 4.78 is 33.2. The fraction of sp³-hybridized carbons (Fsp3) is 0.917. The number of carbonyl (C=O) groups is 2. The van der Waals surface area contributed by atoms with E-state index in [1.165, 1.54) is 12.8 Å². The topological polar surface area (TPSA) is 135 Å². The van der Waals surface area contributed by atoms with Gasteiger partial charge in [0, 0.05) is 11.4 Å². The molecule has 0 rings (SSSR count). The molecule has 0 aromatic rings. The molecule has 1 atom stereocenters. The maximum Gasteiger partial charge on any atom is 2.00 e. The van der Waals surface area contributed by atoms with Crippen LogP contribution in [0.15, 0.2) is 0 Å². The molecule has 0 aliphatic heterocycles. The number of hydrogen-bond acceptors (Lipinski definition) is 6. The van der Waals surface area contributed by atoms with Gasteiger partial charge < -0.3 is 19.8 Å². The first-order valence-corrected chi connectivity index (χ1v) is 14.0. The molecule has 0 aromatic heterocycles. The van der Waals surface area contributed by atoms with Crippen molar-refractivity contribution in [2.24, 2.45) is 5.41 Å². The number of hydrogen-bond donors (Lipinski definition) is 1. The first kappa shape index (κ1) is 35.3. The molecule has 190 valence electrons. The molecular formula is C24H44CaO7S. The molecule has 0 spiro atoms. The molecule has 33 heavy (non-hydrogen) atoms. The summed E-state index contributed by atoms with van der Waals surface area (Å²) in [5.74, 6) is -3.83. The molecule has 0 saturated heterocycles. The number of unbranched alkanes of at least 4 members (excludes halogenated alkanes) is 14. The molecule has 0 aliphatic rings. The van der Waals surface area contributed by atoms with Crippen molar-refractivity contribution in [3.63, 3.8) is 0 Å². The Morgan fingerprint density at radius 2 is 1.00 bits per heavy atom. The molecule has 0 aromatic carbocycles. The van der Waals surface area contributed by atoms with E-state index in [4.69, 9.17) is 0 Å². The van der Waals surface area contributed by atoms with Crippen LogP contribution >= 0.6 is 0 Å². The van der Waals surface area contributed by atoms with E-state index in [2.05, 4.69) is 13.8 Å². The predicted octanol–water partition coefficient (Wildman–Crippen LogP) is 3.41. The van der Waals surface area contributed by atoms with Crippen LogP contribution in [0.2, 0.25) is 0 Å². The first-order valence-electron chi connectivity index (χ1n) is 12.5. The van der Waals surface area contributed by atoms with E-state index < -0.39 is 32.7 Å². The average Bonchev–Trinajstić information content (AvgIpc) is 2.70. The summed E-state index contributed by atoms with van der Waals surface area (Å²) in [5.41, 5.74) is -2.18. The number of aliphatic carboxylic acids is 2. The molecule has 0 saturated carbocycles. The van der Waals surface area contributed by atoms with Crippen LogP contribution in [-0.4, -0.2) is 67.9 Å². The summed E-state index contributed by atoms with van der Waals surface area (Å²) in [6, 6.07) is 0. The van der Waals surface area contributed by atoms with Gasteiger partial charge in [-0.3, -0.25) is 4.55 Å². The van der Waals surface area contributed by atoms with Gasteiger partial charge in [0.25, 0.3) is 10.1 Å². The Bertz CT molecular complexity index is 602. The van der Waals surface area contributed by atoms with E-state index in [0.717, 1.165) is 64.2 Å². The molecular weight excluding hydrogens is 472 g/mol. The molecule has 1 N–H and O–H groups in total. The van der Waals surface area contributed by atoms with Gasteiger partial charge in [-0.2, -0.15) is 8.42 Å². The quantitative estimate of drug-likeness (QED) is 0.132. The van der Waals surface area contributed by atoms with Crippen molar-refractivity contribution in [1.82, 2.24) is 0 Å². The molecule has 1 unspecified atom stereocenters. The smallest absolute Gasteiger partial charge is 0.549 e. The zero-order valence-corrected chi connectivity index (χ0v) is 23.8. The molecule has 0 bridgehead atoms. The SMILES string of the molecule is CCCCCCCCCCC(CCCCCCCCCC)(C(=O)[O-])C(C(=O)[O-])S(=O)(=O)O.[Ca+2]. The van der Waals surface area contributed by atoms with Gasteiger partial charge in [0.05, 0.1) is 5.97 Å². The summed E-state index contributed by atoms with van der Waals surface area (Å²) in [6.45, 7) is 4.27. The second-order valence-corrected chi connectivity index (χ2v) is 10.6. The van der Waals surface area contributed by atoms with E-state index >= 15 is 0 Å². The summed E-state index contributed by atoms with van der Waals surface area (Å²) in [4.78, 5) is 23.7. The van der Waals surface area contributed by atoms with E-state index in [9.17, 15) is 32.8 Å². The molecule has 0 fully saturated rings. The van der Waals surface area contributed by atoms with Gasteiger partial charge in [-0.05, 0) is 12.8 Å². The summed E-state index contributed by atoms with van der Waals surface area (Å²) in [6.07, 6.45) is 14.6. The monoisotopic (exact) mass is 516 g/mol. The fourth-order valence-corrected chi connectivity index (χ4v) is 5.62. The van der Waals surface area contributed by atoms with E-state index in [0.29, 0.717) is 25.7 Å². The minimum atomic E-state index is -5.16. The Balaban J connectivity index is 0. The van der Waals surface area contributed by atoms with Crippen molar-refractivity contribution in [1.29, 1.82) is 0 Å². The van der Waals surface area contributed by atoms with Crippen molar-refractivity contribution in [3.8, 4) is 0 Å². The maximum atomic E-state index is 12.1. The second-order valence-electron chi connectivity index (χ2n) is 9.11. The second kappa shape index (κ2) is 20.3. The van der Waals surface area contributed by atoms with E-state index in [1.807, 2.05) is 0 Å². The molecule has 0 radical (unpaired) electrons. The zero-order chi connectivity index (χ0) is 24.5. The Hall–Kier alpha value is 0.110. The van der Waals surface area contributed by atoms with Crippen LogP contribution in [0.5, 0.6) is 0 Å². The van der Waals surface area contributed by atoms with Crippen LogP contribution in [-0.2, 0) is 19.7 Å². The third-order valence-electron chi connectivity index (χ3n) is 6.37. The Morgan fingerprint density at radius 3 is 1.24 bits per heavy atom. The molecule has 0 heterocycles.